The van der Waals surface area contributed by atoms with Gasteiger partial charge in [0, 0.05) is 30.9 Å². The van der Waals surface area contributed by atoms with E-state index in [0.717, 1.165) is 43.1 Å². The predicted octanol–water partition coefficient (Wildman–Crippen LogP) is 4.19. The van der Waals surface area contributed by atoms with Gasteiger partial charge in [-0.2, -0.15) is 0 Å². The minimum atomic E-state index is 0.797. The van der Waals surface area contributed by atoms with E-state index in [0.29, 0.717) is 0 Å². The first-order chi connectivity index (χ1) is 11.9. The van der Waals surface area contributed by atoms with Crippen molar-refractivity contribution >= 4 is 22.3 Å². The molecule has 0 bridgehead atoms. The minimum absolute atomic E-state index is 0.797. The highest BCUT2D eigenvalue weighted by Crippen LogP contribution is 2.22. The summed E-state index contributed by atoms with van der Waals surface area (Å²) in [5.74, 6) is 1.00. The highest BCUT2D eigenvalue weighted by atomic mass is 15.0. The highest BCUT2D eigenvalue weighted by Gasteiger charge is 2.11. The van der Waals surface area contributed by atoms with Gasteiger partial charge in [-0.3, -0.25) is 4.99 Å². The van der Waals surface area contributed by atoms with E-state index in [2.05, 4.69) is 82.4 Å². The van der Waals surface area contributed by atoms with Gasteiger partial charge in [-0.05, 0) is 34.9 Å². The van der Waals surface area contributed by atoms with Crippen LogP contribution in [0.1, 0.15) is 17.5 Å². The maximum absolute atomic E-state index is 4.63. The molecule has 4 rings (SSSR count). The molecule has 1 aliphatic rings. The van der Waals surface area contributed by atoms with E-state index >= 15 is 0 Å². The summed E-state index contributed by atoms with van der Waals surface area (Å²) in [4.78, 5) is 4.63. The first-order valence-corrected chi connectivity index (χ1v) is 8.50. The molecule has 0 amide bonds. The molecule has 1 aliphatic heterocycles. The maximum Gasteiger partial charge on any atom is 0.130 e. The topological polar surface area (TPSA) is 36.4 Å². The second-order valence-corrected chi connectivity index (χ2v) is 6.05. The molecule has 3 aromatic carbocycles. The van der Waals surface area contributed by atoms with Crippen molar-refractivity contribution in [2.75, 3.05) is 18.4 Å². The number of amidine groups is 1. The Morgan fingerprint density at radius 1 is 0.917 bits per heavy atom. The van der Waals surface area contributed by atoms with Crippen molar-refractivity contribution in [1.29, 1.82) is 0 Å². The van der Waals surface area contributed by atoms with E-state index in [4.69, 9.17) is 0 Å². The van der Waals surface area contributed by atoms with Crippen molar-refractivity contribution in [2.24, 2.45) is 4.99 Å². The lowest BCUT2D eigenvalue weighted by atomic mass is 10.0. The summed E-state index contributed by atoms with van der Waals surface area (Å²) in [6, 6.07) is 23.4. The number of rotatable bonds is 4. The van der Waals surface area contributed by atoms with Crippen LogP contribution in [0.2, 0.25) is 0 Å². The summed E-state index contributed by atoms with van der Waals surface area (Å²) in [7, 11) is 0. The van der Waals surface area contributed by atoms with Crippen molar-refractivity contribution in [3.8, 4) is 0 Å². The lowest BCUT2D eigenvalue weighted by Gasteiger charge is -2.18. The molecule has 0 fully saturated rings. The van der Waals surface area contributed by atoms with Crippen molar-refractivity contribution in [3.05, 3.63) is 77.9 Å². The molecule has 24 heavy (non-hydrogen) atoms. The Bertz CT molecular complexity index is 878. The van der Waals surface area contributed by atoms with Crippen LogP contribution in [0.15, 0.2) is 71.7 Å². The van der Waals surface area contributed by atoms with Crippen molar-refractivity contribution < 1.29 is 0 Å². The van der Waals surface area contributed by atoms with Crippen LogP contribution in [-0.4, -0.2) is 18.9 Å². The number of fused-ring (bicyclic) bond motifs is 1. The zero-order valence-electron chi connectivity index (χ0n) is 13.6. The Hall–Kier alpha value is -2.81. The molecule has 0 aliphatic carbocycles. The Labute approximate surface area is 142 Å². The minimum Gasteiger partial charge on any atom is -0.380 e. The Balaban J connectivity index is 1.61. The number of benzene rings is 3. The van der Waals surface area contributed by atoms with Crippen LogP contribution in [0.3, 0.4) is 0 Å². The van der Waals surface area contributed by atoms with E-state index in [1.807, 2.05) is 0 Å². The molecule has 0 aromatic heterocycles. The third kappa shape index (κ3) is 2.98. The number of nitrogens with one attached hydrogen (secondary N) is 2. The van der Waals surface area contributed by atoms with Gasteiger partial charge in [0.15, 0.2) is 0 Å². The number of para-hydroxylation sites is 1. The number of nitrogens with zero attached hydrogens (tertiary/aromatic N) is 1. The fourth-order valence-electron chi connectivity index (χ4n) is 3.19. The molecule has 3 heteroatoms. The van der Waals surface area contributed by atoms with Crippen LogP contribution in [0, 0.1) is 0 Å². The van der Waals surface area contributed by atoms with Gasteiger partial charge in [-0.1, -0.05) is 54.6 Å². The van der Waals surface area contributed by atoms with Gasteiger partial charge < -0.3 is 10.6 Å². The molecule has 120 valence electrons. The summed E-state index contributed by atoms with van der Waals surface area (Å²) in [6.07, 6.45) is 1.11. The SMILES string of the molecule is c1ccc(C2=NCCCN2)c(NCc2cccc3ccccc23)c1. The molecule has 1 heterocycles. The van der Waals surface area contributed by atoms with Gasteiger partial charge in [0.1, 0.15) is 5.84 Å². The van der Waals surface area contributed by atoms with Crippen molar-refractivity contribution in [2.45, 2.75) is 13.0 Å². The van der Waals surface area contributed by atoms with Crippen LogP contribution in [0.4, 0.5) is 5.69 Å². The summed E-state index contributed by atoms with van der Waals surface area (Å²) < 4.78 is 0. The molecule has 0 spiro atoms. The lowest BCUT2D eigenvalue weighted by molar-refractivity contribution is 0.742. The smallest absolute Gasteiger partial charge is 0.130 e. The second-order valence-electron chi connectivity index (χ2n) is 6.05. The van der Waals surface area contributed by atoms with Crippen LogP contribution in [0.5, 0.6) is 0 Å². The van der Waals surface area contributed by atoms with Crippen LogP contribution < -0.4 is 10.6 Å². The molecule has 0 unspecified atom stereocenters. The molecule has 3 aromatic rings. The van der Waals surface area contributed by atoms with Gasteiger partial charge in [-0.25, -0.2) is 0 Å². The second kappa shape index (κ2) is 6.75. The van der Waals surface area contributed by atoms with E-state index in [9.17, 15) is 0 Å². The summed E-state index contributed by atoms with van der Waals surface area (Å²) in [6.45, 7) is 2.70. The molecule has 0 saturated carbocycles. The number of aliphatic imine (C=N–C) groups is 1. The normalized spacial score (nSPS) is 14.1. The number of anilines is 1. The predicted molar refractivity (Wildman–Crippen MR) is 102 cm³/mol. The molecule has 2 N–H and O–H groups in total. The zero-order valence-corrected chi connectivity index (χ0v) is 13.6. The number of hydrogen-bond acceptors (Lipinski definition) is 3. The monoisotopic (exact) mass is 315 g/mol. The Morgan fingerprint density at radius 2 is 1.75 bits per heavy atom. The average molecular weight is 315 g/mol. The first kappa shape index (κ1) is 14.8. The van der Waals surface area contributed by atoms with Gasteiger partial charge in [0.05, 0.1) is 0 Å². The van der Waals surface area contributed by atoms with Crippen molar-refractivity contribution in [3.63, 3.8) is 0 Å². The van der Waals surface area contributed by atoms with E-state index < -0.39 is 0 Å². The van der Waals surface area contributed by atoms with E-state index in [1.54, 1.807) is 0 Å². The zero-order chi connectivity index (χ0) is 16.2. The highest BCUT2D eigenvalue weighted by molar-refractivity contribution is 6.03. The van der Waals surface area contributed by atoms with Gasteiger partial charge in [0.25, 0.3) is 0 Å². The molecule has 3 nitrogen and oxygen atoms in total. The van der Waals surface area contributed by atoms with Gasteiger partial charge >= 0.3 is 0 Å². The summed E-state index contributed by atoms with van der Waals surface area (Å²) in [5, 5.41) is 9.60. The number of hydrogen-bond donors (Lipinski definition) is 2. The molecular weight excluding hydrogens is 294 g/mol. The maximum atomic E-state index is 4.63. The fourth-order valence-corrected chi connectivity index (χ4v) is 3.19. The van der Waals surface area contributed by atoms with Crippen LogP contribution in [-0.2, 0) is 6.54 Å². The summed E-state index contributed by atoms with van der Waals surface area (Å²) >= 11 is 0. The Morgan fingerprint density at radius 3 is 2.67 bits per heavy atom. The fraction of sp³-hybridized carbons (Fsp3) is 0.190. The molecule has 0 atom stereocenters. The third-order valence-electron chi connectivity index (χ3n) is 4.43. The average Bonchev–Trinajstić information content (AvgIpc) is 2.67. The largest absolute Gasteiger partial charge is 0.380 e. The quantitative estimate of drug-likeness (QED) is 0.757. The molecule has 0 radical (unpaired) electrons. The lowest BCUT2D eigenvalue weighted by Crippen LogP contribution is -2.30. The summed E-state index contributed by atoms with van der Waals surface area (Å²) in [5.41, 5.74) is 3.58. The van der Waals surface area contributed by atoms with E-state index in [-0.39, 0.29) is 0 Å². The van der Waals surface area contributed by atoms with Crippen LogP contribution in [0.25, 0.3) is 10.8 Å². The third-order valence-corrected chi connectivity index (χ3v) is 4.43. The van der Waals surface area contributed by atoms with E-state index in [1.165, 1.54) is 16.3 Å². The van der Waals surface area contributed by atoms with Gasteiger partial charge in [-0.15, -0.1) is 0 Å². The Kier molecular flexibility index (Phi) is 4.15. The van der Waals surface area contributed by atoms with Gasteiger partial charge in [0.2, 0.25) is 0 Å². The molecular formula is C21H21N3. The van der Waals surface area contributed by atoms with Crippen LogP contribution >= 0.6 is 0 Å². The van der Waals surface area contributed by atoms with Crippen molar-refractivity contribution in [1.82, 2.24) is 5.32 Å². The standard InChI is InChI=1S/C21H21N3/c1-2-10-18-16(7-1)8-5-9-17(18)15-24-20-12-4-3-11-19(20)21-22-13-6-14-23-21/h1-5,7-12,24H,6,13-15H2,(H,22,23). The molecule has 0 saturated heterocycles. The first-order valence-electron chi connectivity index (χ1n) is 8.50.